The zero-order valence-electron chi connectivity index (χ0n) is 15.9. The van der Waals surface area contributed by atoms with Gasteiger partial charge in [-0.05, 0) is 64.5 Å². The molecule has 0 fully saturated rings. The number of halogens is 4. The second-order valence-corrected chi connectivity index (χ2v) is 10.5. The predicted octanol–water partition coefficient (Wildman–Crippen LogP) is 6.24. The fourth-order valence-corrected chi connectivity index (χ4v) is 5.15. The minimum Gasteiger partial charge on any atom is -0.324 e. The quantitative estimate of drug-likeness (QED) is 0.371. The van der Waals surface area contributed by atoms with Gasteiger partial charge in [-0.1, -0.05) is 53.0 Å². The van der Waals surface area contributed by atoms with Crippen LogP contribution in [-0.4, -0.2) is 25.2 Å². The lowest BCUT2D eigenvalue weighted by molar-refractivity contribution is -0.116. The Hall–Kier alpha value is -1.61. The number of amides is 1. The Morgan fingerprint density at radius 3 is 2.13 bits per heavy atom. The lowest BCUT2D eigenvalue weighted by Gasteiger charge is -2.23. The number of para-hydroxylation sites is 1. The summed E-state index contributed by atoms with van der Waals surface area (Å²) in [6.45, 7) is -0.638. The maximum absolute atomic E-state index is 13.3. The van der Waals surface area contributed by atoms with Gasteiger partial charge in [0.1, 0.15) is 0 Å². The van der Waals surface area contributed by atoms with Crippen LogP contribution in [-0.2, 0) is 21.4 Å². The molecule has 0 atom stereocenters. The molecule has 1 amide bonds. The van der Waals surface area contributed by atoms with Crippen LogP contribution in [0.5, 0.6) is 0 Å². The maximum Gasteiger partial charge on any atom is 0.243 e. The summed E-state index contributed by atoms with van der Waals surface area (Å²) in [5.41, 5.74) is 0.921. The van der Waals surface area contributed by atoms with Crippen LogP contribution in [0.3, 0.4) is 0 Å². The molecule has 0 radical (unpaired) electrons. The number of sulfonamides is 1. The molecule has 10 heteroatoms. The first-order chi connectivity index (χ1) is 14.7. The van der Waals surface area contributed by atoms with Crippen LogP contribution >= 0.6 is 50.7 Å². The molecule has 0 saturated carbocycles. The Morgan fingerprint density at radius 2 is 1.52 bits per heavy atom. The summed E-state index contributed by atoms with van der Waals surface area (Å²) in [7, 11) is -4.06. The number of carbonyl (C=O) groups is 1. The molecule has 31 heavy (non-hydrogen) atoms. The normalized spacial score (nSPS) is 11.5. The van der Waals surface area contributed by atoms with Crippen molar-refractivity contribution in [3.8, 4) is 0 Å². The minimum absolute atomic E-state index is 0.00577. The molecule has 0 spiro atoms. The molecule has 0 heterocycles. The monoisotopic (exact) mass is 560 g/mol. The summed E-state index contributed by atoms with van der Waals surface area (Å²) in [6.07, 6.45) is 0. The van der Waals surface area contributed by atoms with Crippen LogP contribution in [0.1, 0.15) is 5.56 Å². The average Bonchev–Trinajstić information content (AvgIpc) is 2.72. The third-order valence-corrected chi connectivity index (χ3v) is 7.77. The second kappa shape index (κ2) is 10.3. The van der Waals surface area contributed by atoms with E-state index in [-0.39, 0.29) is 11.4 Å². The number of nitrogens with one attached hydrogen (secondary N) is 1. The molecule has 0 aromatic heterocycles. The van der Waals surface area contributed by atoms with Crippen LogP contribution < -0.4 is 5.32 Å². The van der Waals surface area contributed by atoms with E-state index in [1.165, 1.54) is 24.3 Å². The fourth-order valence-electron chi connectivity index (χ4n) is 2.75. The van der Waals surface area contributed by atoms with Gasteiger partial charge in [0.15, 0.2) is 0 Å². The average molecular weight is 563 g/mol. The smallest absolute Gasteiger partial charge is 0.243 e. The van der Waals surface area contributed by atoms with E-state index in [2.05, 4.69) is 21.2 Å². The Balaban J connectivity index is 1.94. The summed E-state index contributed by atoms with van der Waals surface area (Å²) >= 11 is 21.7. The van der Waals surface area contributed by atoms with E-state index < -0.39 is 22.5 Å². The number of anilines is 1. The van der Waals surface area contributed by atoms with E-state index in [9.17, 15) is 13.2 Å². The fraction of sp³-hybridized carbons (Fsp3) is 0.0952. The SMILES string of the molecule is O=C(CN(Cc1c(Cl)cccc1Cl)S(=O)(=O)c1ccc(Cl)cc1)Nc1ccccc1Br. The van der Waals surface area contributed by atoms with E-state index in [4.69, 9.17) is 34.8 Å². The highest BCUT2D eigenvalue weighted by Crippen LogP contribution is 2.29. The highest BCUT2D eigenvalue weighted by atomic mass is 79.9. The summed E-state index contributed by atoms with van der Waals surface area (Å²) in [6, 6.07) is 17.6. The molecule has 1 N–H and O–H groups in total. The molecule has 0 aliphatic rings. The third-order valence-electron chi connectivity index (χ3n) is 4.32. The second-order valence-electron chi connectivity index (χ2n) is 6.46. The van der Waals surface area contributed by atoms with E-state index in [1.54, 1.807) is 42.5 Å². The topological polar surface area (TPSA) is 66.5 Å². The largest absolute Gasteiger partial charge is 0.324 e. The molecule has 3 aromatic rings. The number of rotatable bonds is 7. The molecule has 0 saturated heterocycles. The molecule has 3 rings (SSSR count). The van der Waals surface area contributed by atoms with Crippen molar-refractivity contribution < 1.29 is 13.2 Å². The zero-order chi connectivity index (χ0) is 22.6. The first-order valence-corrected chi connectivity index (χ1v) is 12.3. The van der Waals surface area contributed by atoms with E-state index in [0.29, 0.717) is 30.8 Å². The van der Waals surface area contributed by atoms with Gasteiger partial charge in [0.25, 0.3) is 0 Å². The van der Waals surface area contributed by atoms with Crippen molar-refractivity contribution in [2.24, 2.45) is 0 Å². The van der Waals surface area contributed by atoms with Crippen LogP contribution in [0, 0.1) is 0 Å². The van der Waals surface area contributed by atoms with Gasteiger partial charge in [0.05, 0.1) is 17.1 Å². The van der Waals surface area contributed by atoms with E-state index in [1.807, 2.05) is 0 Å². The highest BCUT2D eigenvalue weighted by molar-refractivity contribution is 9.10. The molecule has 0 unspecified atom stereocenters. The van der Waals surface area contributed by atoms with Crippen molar-refractivity contribution in [3.63, 3.8) is 0 Å². The number of hydrogen-bond acceptors (Lipinski definition) is 3. The standard InChI is InChI=1S/C21H16BrCl3N2O3S/c22-17-4-1-2-7-20(17)26-21(28)13-27(12-16-18(24)5-3-6-19(16)25)31(29,30)15-10-8-14(23)9-11-15/h1-11H,12-13H2,(H,26,28). The van der Waals surface area contributed by atoms with Gasteiger partial charge in [0.2, 0.25) is 15.9 Å². The molecule has 5 nitrogen and oxygen atoms in total. The van der Waals surface area contributed by atoms with Gasteiger partial charge in [-0.15, -0.1) is 0 Å². The summed E-state index contributed by atoms with van der Waals surface area (Å²) in [4.78, 5) is 12.7. The van der Waals surface area contributed by atoms with Crippen molar-refractivity contribution in [1.82, 2.24) is 4.31 Å². The van der Waals surface area contributed by atoms with Crippen LogP contribution in [0.15, 0.2) is 76.1 Å². The number of benzene rings is 3. The molecular weight excluding hydrogens is 547 g/mol. The van der Waals surface area contributed by atoms with Crippen LogP contribution in [0.2, 0.25) is 15.1 Å². The lowest BCUT2D eigenvalue weighted by Crippen LogP contribution is -2.37. The Morgan fingerprint density at radius 1 is 0.903 bits per heavy atom. The van der Waals surface area contributed by atoms with Gasteiger partial charge in [0, 0.05) is 31.6 Å². The molecule has 162 valence electrons. The lowest BCUT2D eigenvalue weighted by atomic mass is 10.2. The highest BCUT2D eigenvalue weighted by Gasteiger charge is 2.28. The number of hydrogen-bond donors (Lipinski definition) is 1. The summed E-state index contributed by atoms with van der Waals surface area (Å²) in [5, 5.41) is 3.71. The first kappa shape index (κ1) is 24.0. The van der Waals surface area contributed by atoms with Gasteiger partial charge in [-0.25, -0.2) is 8.42 Å². The minimum atomic E-state index is -4.06. The van der Waals surface area contributed by atoms with Crippen LogP contribution in [0.4, 0.5) is 5.69 Å². The Kier molecular flexibility index (Phi) is 8.02. The van der Waals surface area contributed by atoms with E-state index in [0.717, 1.165) is 4.31 Å². The Labute approximate surface area is 204 Å². The van der Waals surface area contributed by atoms with Gasteiger partial charge in [-0.2, -0.15) is 4.31 Å². The van der Waals surface area contributed by atoms with Gasteiger partial charge >= 0.3 is 0 Å². The molecular formula is C21H16BrCl3N2O3S. The predicted molar refractivity (Wildman–Crippen MR) is 128 cm³/mol. The van der Waals surface area contributed by atoms with Crippen LogP contribution in [0.25, 0.3) is 0 Å². The third kappa shape index (κ3) is 6.00. The van der Waals surface area contributed by atoms with Crippen molar-refractivity contribution >= 4 is 72.4 Å². The molecule has 0 aliphatic heterocycles. The van der Waals surface area contributed by atoms with Crippen molar-refractivity contribution in [2.45, 2.75) is 11.4 Å². The molecule has 3 aromatic carbocycles. The van der Waals surface area contributed by atoms with Gasteiger partial charge < -0.3 is 5.32 Å². The zero-order valence-corrected chi connectivity index (χ0v) is 20.5. The number of carbonyl (C=O) groups excluding carboxylic acids is 1. The van der Waals surface area contributed by atoms with Crippen molar-refractivity contribution in [2.75, 3.05) is 11.9 Å². The molecule has 0 aliphatic carbocycles. The first-order valence-electron chi connectivity index (χ1n) is 8.91. The number of nitrogens with zero attached hydrogens (tertiary/aromatic N) is 1. The molecule has 0 bridgehead atoms. The van der Waals surface area contributed by atoms with Crippen molar-refractivity contribution in [3.05, 3.63) is 91.8 Å². The van der Waals surface area contributed by atoms with Crippen molar-refractivity contribution in [1.29, 1.82) is 0 Å². The Bertz CT molecular complexity index is 1180. The summed E-state index contributed by atoms with van der Waals surface area (Å²) in [5.74, 6) is -0.521. The van der Waals surface area contributed by atoms with Gasteiger partial charge in [-0.3, -0.25) is 4.79 Å². The maximum atomic E-state index is 13.3. The van der Waals surface area contributed by atoms with E-state index >= 15 is 0 Å². The summed E-state index contributed by atoms with van der Waals surface area (Å²) < 4.78 is 28.4.